The van der Waals surface area contributed by atoms with Crippen LogP contribution in [-0.4, -0.2) is 20.2 Å². The fraction of sp³-hybridized carbons (Fsp3) is 0.125. The topological polar surface area (TPSA) is 132 Å². The number of nitrogens with one attached hydrogen (secondary N) is 1. The Balaban J connectivity index is 1.97. The molecular weight excluding hydrogens is 349 g/mol. The molecule has 9 heteroatoms. The fourth-order valence-corrected chi connectivity index (χ4v) is 2.63. The number of amides is 2. The van der Waals surface area contributed by atoms with Gasteiger partial charge in [0.1, 0.15) is 5.82 Å². The van der Waals surface area contributed by atoms with Crippen LogP contribution in [0.4, 0.5) is 10.1 Å². The summed E-state index contributed by atoms with van der Waals surface area (Å²) in [6.45, 7) is 0. The van der Waals surface area contributed by atoms with Crippen LogP contribution in [0.15, 0.2) is 47.4 Å². The monoisotopic (exact) mass is 365 g/mol. The Morgan fingerprint density at radius 3 is 2.28 bits per heavy atom. The predicted octanol–water partition coefficient (Wildman–Crippen LogP) is 1.14. The maximum Gasteiger partial charge on any atom is 0.251 e. The van der Waals surface area contributed by atoms with Crippen LogP contribution in [0.1, 0.15) is 22.3 Å². The highest BCUT2D eigenvalue weighted by Crippen LogP contribution is 2.15. The number of primary amides is 1. The Labute approximate surface area is 143 Å². The van der Waals surface area contributed by atoms with Crippen LogP contribution in [0.3, 0.4) is 0 Å². The summed E-state index contributed by atoms with van der Waals surface area (Å²) in [5.74, 6) is -2.04. The molecule has 0 aromatic heterocycles. The van der Waals surface area contributed by atoms with E-state index in [9.17, 15) is 22.4 Å². The van der Waals surface area contributed by atoms with E-state index in [1.807, 2.05) is 0 Å². The third kappa shape index (κ3) is 5.10. The van der Waals surface area contributed by atoms with E-state index in [1.54, 1.807) is 12.1 Å². The maximum absolute atomic E-state index is 13.4. The highest BCUT2D eigenvalue weighted by Gasteiger charge is 2.11. The van der Waals surface area contributed by atoms with Crippen LogP contribution in [0.2, 0.25) is 0 Å². The lowest BCUT2D eigenvalue weighted by molar-refractivity contribution is -0.116. The number of hydrogen-bond donors (Lipinski definition) is 3. The molecule has 2 aromatic carbocycles. The van der Waals surface area contributed by atoms with Crippen molar-refractivity contribution in [2.45, 2.75) is 17.7 Å². The smallest absolute Gasteiger partial charge is 0.251 e. The van der Waals surface area contributed by atoms with Crippen molar-refractivity contribution in [3.8, 4) is 0 Å². The molecule has 0 heterocycles. The molecule has 0 saturated carbocycles. The summed E-state index contributed by atoms with van der Waals surface area (Å²) in [5.41, 5.74) is 5.74. The number of aryl methyl sites for hydroxylation is 1. The van der Waals surface area contributed by atoms with Crippen LogP contribution < -0.4 is 16.2 Å². The zero-order valence-corrected chi connectivity index (χ0v) is 13.8. The SMILES string of the molecule is NC(=O)c1cc(NC(=O)CCc2ccc(S(N)(=O)=O)cc2)ccc1F. The highest BCUT2D eigenvalue weighted by molar-refractivity contribution is 7.89. The lowest BCUT2D eigenvalue weighted by atomic mass is 10.1. The molecule has 2 rings (SSSR count). The van der Waals surface area contributed by atoms with Gasteiger partial charge in [-0.05, 0) is 42.3 Å². The van der Waals surface area contributed by atoms with Crippen LogP contribution in [-0.2, 0) is 21.2 Å². The summed E-state index contributed by atoms with van der Waals surface area (Å²) < 4.78 is 35.7. The zero-order valence-electron chi connectivity index (χ0n) is 13.0. The first-order valence-corrected chi connectivity index (χ1v) is 8.72. The minimum absolute atomic E-state index is 0.00834. The molecule has 0 fully saturated rings. The van der Waals surface area contributed by atoms with Crippen molar-refractivity contribution in [2.75, 3.05) is 5.32 Å². The second-order valence-electron chi connectivity index (χ2n) is 5.30. The Kier molecular flexibility index (Phi) is 5.50. The van der Waals surface area contributed by atoms with E-state index in [2.05, 4.69) is 5.32 Å². The second-order valence-corrected chi connectivity index (χ2v) is 6.86. The van der Waals surface area contributed by atoms with E-state index >= 15 is 0 Å². The molecule has 0 unspecified atom stereocenters. The van der Waals surface area contributed by atoms with E-state index in [4.69, 9.17) is 10.9 Å². The van der Waals surface area contributed by atoms with Crippen molar-refractivity contribution in [3.05, 3.63) is 59.4 Å². The minimum atomic E-state index is -3.75. The number of carbonyl (C=O) groups is 2. The summed E-state index contributed by atoms with van der Waals surface area (Å²) in [7, 11) is -3.75. The quantitative estimate of drug-likeness (QED) is 0.708. The first-order chi connectivity index (χ1) is 11.7. The van der Waals surface area contributed by atoms with Gasteiger partial charge in [0, 0.05) is 12.1 Å². The summed E-state index contributed by atoms with van der Waals surface area (Å²) in [4.78, 5) is 23.0. The van der Waals surface area contributed by atoms with E-state index in [0.717, 1.165) is 17.7 Å². The normalized spacial score (nSPS) is 11.1. The highest BCUT2D eigenvalue weighted by atomic mass is 32.2. The molecule has 0 aliphatic heterocycles. The van der Waals surface area contributed by atoms with Crippen molar-refractivity contribution in [1.29, 1.82) is 0 Å². The first kappa shape index (κ1) is 18.6. The number of sulfonamides is 1. The summed E-state index contributed by atoms with van der Waals surface area (Å²) in [6, 6.07) is 9.38. The lowest BCUT2D eigenvalue weighted by Crippen LogP contribution is -2.16. The summed E-state index contributed by atoms with van der Waals surface area (Å²) >= 11 is 0. The molecule has 2 amide bonds. The number of nitrogens with two attached hydrogens (primary N) is 2. The first-order valence-electron chi connectivity index (χ1n) is 7.18. The number of rotatable bonds is 6. The van der Waals surface area contributed by atoms with Crippen molar-refractivity contribution < 1.29 is 22.4 Å². The molecule has 5 N–H and O–H groups in total. The van der Waals surface area contributed by atoms with Gasteiger partial charge in [-0.1, -0.05) is 12.1 Å². The minimum Gasteiger partial charge on any atom is -0.366 e. The third-order valence-corrected chi connectivity index (χ3v) is 4.34. The largest absolute Gasteiger partial charge is 0.366 e. The lowest BCUT2D eigenvalue weighted by Gasteiger charge is -2.07. The summed E-state index contributed by atoms with van der Waals surface area (Å²) in [5, 5.41) is 7.55. The van der Waals surface area contributed by atoms with Gasteiger partial charge >= 0.3 is 0 Å². The van der Waals surface area contributed by atoms with E-state index in [-0.39, 0.29) is 28.5 Å². The fourth-order valence-electron chi connectivity index (χ4n) is 2.12. The Morgan fingerprint density at radius 2 is 1.72 bits per heavy atom. The van der Waals surface area contributed by atoms with Gasteiger partial charge in [-0.3, -0.25) is 9.59 Å². The van der Waals surface area contributed by atoms with Crippen LogP contribution in [0.5, 0.6) is 0 Å². The predicted molar refractivity (Wildman–Crippen MR) is 89.7 cm³/mol. The van der Waals surface area contributed by atoms with E-state index in [0.29, 0.717) is 6.42 Å². The standard InChI is InChI=1S/C16H16FN3O4S/c17-14-7-4-11(9-13(14)16(18)22)20-15(21)8-3-10-1-5-12(6-2-10)25(19,23)24/h1-2,4-7,9H,3,8H2,(H2,18,22)(H,20,21)(H2,19,23,24). The van der Waals surface area contributed by atoms with Crippen molar-refractivity contribution >= 4 is 27.5 Å². The van der Waals surface area contributed by atoms with E-state index in [1.165, 1.54) is 18.2 Å². The van der Waals surface area contributed by atoms with Gasteiger partial charge in [0.2, 0.25) is 15.9 Å². The maximum atomic E-state index is 13.4. The molecule has 0 bridgehead atoms. The van der Waals surface area contributed by atoms with E-state index < -0.39 is 21.7 Å². The van der Waals surface area contributed by atoms with Crippen molar-refractivity contribution in [3.63, 3.8) is 0 Å². The Bertz CT molecular complexity index is 911. The third-order valence-electron chi connectivity index (χ3n) is 3.41. The second kappa shape index (κ2) is 7.41. The van der Waals surface area contributed by atoms with Crippen LogP contribution >= 0.6 is 0 Å². The molecule has 7 nitrogen and oxygen atoms in total. The molecule has 132 valence electrons. The molecule has 0 atom stereocenters. The summed E-state index contributed by atoms with van der Waals surface area (Å²) in [6.07, 6.45) is 0.471. The Morgan fingerprint density at radius 1 is 1.08 bits per heavy atom. The van der Waals surface area contributed by atoms with Gasteiger partial charge in [0.15, 0.2) is 0 Å². The van der Waals surface area contributed by atoms with Gasteiger partial charge < -0.3 is 11.1 Å². The average Bonchev–Trinajstić information content (AvgIpc) is 2.54. The van der Waals surface area contributed by atoms with Crippen LogP contribution in [0.25, 0.3) is 0 Å². The van der Waals surface area contributed by atoms with Crippen LogP contribution in [0, 0.1) is 5.82 Å². The molecule has 2 aromatic rings. The van der Waals surface area contributed by atoms with Crippen molar-refractivity contribution in [2.24, 2.45) is 10.9 Å². The number of carbonyl (C=O) groups excluding carboxylic acids is 2. The number of halogens is 1. The zero-order chi connectivity index (χ0) is 18.6. The molecule has 0 saturated heterocycles. The van der Waals surface area contributed by atoms with Crippen molar-refractivity contribution in [1.82, 2.24) is 0 Å². The van der Waals surface area contributed by atoms with Gasteiger partial charge in [-0.25, -0.2) is 17.9 Å². The molecular formula is C16H16FN3O4S. The molecule has 0 aliphatic carbocycles. The molecule has 0 radical (unpaired) electrons. The Hall–Kier alpha value is -2.78. The number of benzene rings is 2. The molecule has 25 heavy (non-hydrogen) atoms. The average molecular weight is 365 g/mol. The molecule has 0 aliphatic rings. The van der Waals surface area contributed by atoms with Gasteiger partial charge in [-0.2, -0.15) is 0 Å². The van der Waals surface area contributed by atoms with Gasteiger partial charge in [0.05, 0.1) is 10.5 Å². The number of anilines is 1. The van der Waals surface area contributed by atoms with Gasteiger partial charge in [0.25, 0.3) is 5.91 Å². The molecule has 0 spiro atoms. The number of hydrogen-bond acceptors (Lipinski definition) is 4. The van der Waals surface area contributed by atoms with Gasteiger partial charge in [-0.15, -0.1) is 0 Å². The number of primary sulfonamides is 1.